The molecule has 1 heterocycles. The van der Waals surface area contributed by atoms with Crippen LogP contribution in [-0.4, -0.2) is 35.7 Å². The molecule has 1 aromatic carbocycles. The van der Waals surface area contributed by atoms with Gasteiger partial charge >= 0.3 is 0 Å². The van der Waals surface area contributed by atoms with Crippen molar-refractivity contribution in [1.82, 2.24) is 4.90 Å². The van der Waals surface area contributed by atoms with Crippen molar-refractivity contribution in [1.29, 1.82) is 0 Å². The van der Waals surface area contributed by atoms with Crippen molar-refractivity contribution in [3.8, 4) is 0 Å². The van der Waals surface area contributed by atoms with Gasteiger partial charge in [-0.2, -0.15) is 0 Å². The van der Waals surface area contributed by atoms with Gasteiger partial charge in [0.15, 0.2) is 0 Å². The fourth-order valence-electron chi connectivity index (χ4n) is 2.41. The molecule has 0 radical (unpaired) electrons. The maximum Gasteiger partial charge on any atom is 0.0382 e. The zero-order valence-corrected chi connectivity index (χ0v) is 11.9. The Morgan fingerprint density at radius 2 is 2.12 bits per heavy atom. The van der Waals surface area contributed by atoms with E-state index in [4.69, 9.17) is 11.6 Å². The number of nitrogens with zero attached hydrogens (tertiary/aromatic N) is 1. The summed E-state index contributed by atoms with van der Waals surface area (Å²) in [5, 5.41) is 0. The minimum Gasteiger partial charge on any atom is -0.298 e. The predicted molar refractivity (Wildman–Crippen MR) is 77.0 cm³/mol. The zero-order valence-electron chi connectivity index (χ0n) is 10.3. The summed E-state index contributed by atoms with van der Waals surface area (Å²) in [6.07, 6.45) is 1.30. The summed E-state index contributed by atoms with van der Waals surface area (Å²) >= 11 is 7.98. The molecule has 2 rings (SSSR count). The molecule has 1 nitrogen and oxygen atoms in total. The summed E-state index contributed by atoms with van der Waals surface area (Å²) in [5.41, 5.74) is 0. The van der Waals surface area contributed by atoms with Crippen molar-refractivity contribution in [3.05, 3.63) is 30.3 Å². The van der Waals surface area contributed by atoms with E-state index in [0.29, 0.717) is 6.04 Å². The van der Waals surface area contributed by atoms with E-state index in [-0.39, 0.29) is 0 Å². The predicted octanol–water partition coefficient (Wildman–Crippen LogP) is 3.73. The van der Waals surface area contributed by atoms with Gasteiger partial charge in [0.2, 0.25) is 0 Å². The van der Waals surface area contributed by atoms with Crippen LogP contribution in [0.15, 0.2) is 35.2 Å². The lowest BCUT2D eigenvalue weighted by Gasteiger charge is -2.24. The Bertz CT molecular complexity index is 330. The first kappa shape index (κ1) is 13.3. The van der Waals surface area contributed by atoms with Gasteiger partial charge in [-0.25, -0.2) is 0 Å². The Balaban J connectivity index is 1.75. The molecular formula is C14H20ClNS. The summed E-state index contributed by atoms with van der Waals surface area (Å²) in [6.45, 7) is 4.69. The molecule has 0 aromatic heterocycles. The van der Waals surface area contributed by atoms with E-state index in [1.807, 2.05) is 11.8 Å². The molecular weight excluding hydrogens is 250 g/mol. The highest BCUT2D eigenvalue weighted by molar-refractivity contribution is 7.99. The quantitative estimate of drug-likeness (QED) is 0.592. The maximum atomic E-state index is 6.04. The molecule has 0 saturated carbocycles. The number of halogens is 1. The van der Waals surface area contributed by atoms with Crippen LogP contribution in [0.25, 0.3) is 0 Å². The maximum absolute atomic E-state index is 6.04. The van der Waals surface area contributed by atoms with E-state index >= 15 is 0 Å². The van der Waals surface area contributed by atoms with Crippen molar-refractivity contribution >= 4 is 23.4 Å². The lowest BCUT2D eigenvalue weighted by Crippen LogP contribution is -2.35. The molecule has 0 aliphatic carbocycles. The summed E-state index contributed by atoms with van der Waals surface area (Å²) in [4.78, 5) is 3.91. The molecule has 94 valence electrons. The van der Waals surface area contributed by atoms with E-state index in [1.54, 1.807) is 0 Å². The fraction of sp³-hybridized carbons (Fsp3) is 0.571. The first-order chi connectivity index (χ1) is 8.31. The number of likely N-dealkylation sites (tertiary alicyclic amines) is 1. The zero-order chi connectivity index (χ0) is 12.1. The molecule has 1 aliphatic rings. The molecule has 1 saturated heterocycles. The van der Waals surface area contributed by atoms with Gasteiger partial charge < -0.3 is 0 Å². The molecule has 0 N–H and O–H groups in total. The second kappa shape index (κ2) is 6.67. The monoisotopic (exact) mass is 269 g/mol. The average Bonchev–Trinajstić information content (AvgIpc) is 2.71. The number of thioether (sulfide) groups is 1. The number of hydrogen-bond donors (Lipinski definition) is 0. The van der Waals surface area contributed by atoms with Crippen molar-refractivity contribution in [3.63, 3.8) is 0 Å². The lowest BCUT2D eigenvalue weighted by atomic mass is 10.1. The standard InChI is InChI=1S/C14H20ClNS/c1-12-7-8-16(14(12)11-15)9-10-17-13-5-3-2-4-6-13/h2-6,12,14H,7-11H2,1H3. The van der Waals surface area contributed by atoms with Crippen molar-refractivity contribution in [2.24, 2.45) is 5.92 Å². The second-order valence-corrected chi connectivity index (χ2v) is 6.16. The Labute approximate surface area is 114 Å². The Morgan fingerprint density at radius 3 is 2.82 bits per heavy atom. The largest absolute Gasteiger partial charge is 0.298 e. The van der Waals surface area contributed by atoms with Crippen molar-refractivity contribution in [2.45, 2.75) is 24.3 Å². The topological polar surface area (TPSA) is 3.24 Å². The van der Waals surface area contributed by atoms with Crippen LogP contribution >= 0.6 is 23.4 Å². The first-order valence-corrected chi connectivity index (χ1v) is 7.81. The van der Waals surface area contributed by atoms with Gasteiger partial charge in [-0.3, -0.25) is 4.90 Å². The molecule has 1 aliphatic heterocycles. The molecule has 17 heavy (non-hydrogen) atoms. The third-order valence-corrected chi connectivity index (χ3v) is 4.85. The van der Waals surface area contributed by atoms with Gasteiger partial charge in [0.1, 0.15) is 0 Å². The third-order valence-electron chi connectivity index (χ3n) is 3.55. The van der Waals surface area contributed by atoms with E-state index in [1.165, 1.54) is 17.9 Å². The van der Waals surface area contributed by atoms with Crippen molar-refractivity contribution in [2.75, 3.05) is 24.7 Å². The summed E-state index contributed by atoms with van der Waals surface area (Å²) < 4.78 is 0. The van der Waals surface area contributed by atoms with Crippen LogP contribution in [0.4, 0.5) is 0 Å². The Morgan fingerprint density at radius 1 is 1.35 bits per heavy atom. The number of benzene rings is 1. The Hall–Kier alpha value is -0.180. The number of alkyl halides is 1. The van der Waals surface area contributed by atoms with Gasteiger partial charge in [0.25, 0.3) is 0 Å². The first-order valence-electron chi connectivity index (χ1n) is 6.29. The minimum atomic E-state index is 0.591. The van der Waals surface area contributed by atoms with Crippen LogP contribution in [0.3, 0.4) is 0 Å². The van der Waals surface area contributed by atoms with Crippen LogP contribution in [-0.2, 0) is 0 Å². The average molecular weight is 270 g/mol. The normalized spacial score (nSPS) is 25.3. The molecule has 0 spiro atoms. The van der Waals surface area contributed by atoms with Crippen LogP contribution in [0.2, 0.25) is 0 Å². The van der Waals surface area contributed by atoms with Crippen LogP contribution in [0.5, 0.6) is 0 Å². The number of hydrogen-bond acceptors (Lipinski definition) is 2. The second-order valence-electron chi connectivity index (χ2n) is 4.69. The summed E-state index contributed by atoms with van der Waals surface area (Å²) in [5.74, 6) is 2.69. The minimum absolute atomic E-state index is 0.591. The molecule has 0 amide bonds. The van der Waals surface area contributed by atoms with Crippen LogP contribution in [0.1, 0.15) is 13.3 Å². The SMILES string of the molecule is CC1CCN(CCSc2ccccc2)C1CCl. The van der Waals surface area contributed by atoms with E-state index < -0.39 is 0 Å². The molecule has 3 heteroatoms. The molecule has 1 aromatic rings. The summed E-state index contributed by atoms with van der Waals surface area (Å²) in [6, 6.07) is 11.2. The van der Waals surface area contributed by atoms with Gasteiger partial charge in [-0.1, -0.05) is 25.1 Å². The highest BCUT2D eigenvalue weighted by Crippen LogP contribution is 2.26. The van der Waals surface area contributed by atoms with E-state index in [9.17, 15) is 0 Å². The smallest absolute Gasteiger partial charge is 0.0382 e. The number of rotatable bonds is 5. The molecule has 0 bridgehead atoms. The van der Waals surface area contributed by atoms with Gasteiger partial charge in [0, 0.05) is 29.1 Å². The highest BCUT2D eigenvalue weighted by atomic mass is 35.5. The lowest BCUT2D eigenvalue weighted by molar-refractivity contribution is 0.265. The van der Waals surface area contributed by atoms with Crippen LogP contribution < -0.4 is 0 Å². The van der Waals surface area contributed by atoms with Gasteiger partial charge in [0.05, 0.1) is 0 Å². The highest BCUT2D eigenvalue weighted by Gasteiger charge is 2.29. The molecule has 2 unspecified atom stereocenters. The van der Waals surface area contributed by atoms with E-state index in [0.717, 1.165) is 24.1 Å². The van der Waals surface area contributed by atoms with Gasteiger partial charge in [-0.05, 0) is 31.0 Å². The molecule has 1 fully saturated rings. The fourth-order valence-corrected chi connectivity index (χ4v) is 3.82. The van der Waals surface area contributed by atoms with E-state index in [2.05, 4.69) is 42.2 Å². The summed E-state index contributed by atoms with van der Waals surface area (Å²) in [7, 11) is 0. The van der Waals surface area contributed by atoms with Crippen molar-refractivity contribution < 1.29 is 0 Å². The third kappa shape index (κ3) is 3.64. The Kier molecular flexibility index (Phi) is 5.20. The molecule has 2 atom stereocenters. The van der Waals surface area contributed by atoms with Crippen LogP contribution in [0, 0.1) is 5.92 Å². The van der Waals surface area contributed by atoms with Gasteiger partial charge in [-0.15, -0.1) is 23.4 Å².